The van der Waals surface area contributed by atoms with Crippen LogP contribution in [0.15, 0.2) is 36.4 Å². The van der Waals surface area contributed by atoms with E-state index in [0.29, 0.717) is 0 Å². The van der Waals surface area contributed by atoms with E-state index < -0.39 is 0 Å². The van der Waals surface area contributed by atoms with Gasteiger partial charge in [0, 0.05) is 18.1 Å². The fourth-order valence-corrected chi connectivity index (χ4v) is 2.14. The predicted molar refractivity (Wildman–Crippen MR) is 71.0 cm³/mol. The normalized spacial score (nSPS) is 17.3. The molecule has 0 saturated heterocycles. The van der Waals surface area contributed by atoms with E-state index in [1.165, 1.54) is 0 Å². The van der Waals surface area contributed by atoms with E-state index in [1.54, 1.807) is 14.2 Å². The van der Waals surface area contributed by atoms with Crippen LogP contribution >= 0.6 is 0 Å². The molecule has 0 saturated carbocycles. The minimum absolute atomic E-state index is 0.325. The predicted octanol–water partition coefficient (Wildman–Crippen LogP) is 3.23. The second kappa shape index (κ2) is 4.35. The summed E-state index contributed by atoms with van der Waals surface area (Å²) in [5.74, 6) is 1.67. The molecule has 1 atom stereocenters. The lowest BCUT2D eigenvalue weighted by Crippen LogP contribution is -2.18. The van der Waals surface area contributed by atoms with Crippen molar-refractivity contribution in [2.45, 2.75) is 6.29 Å². The molecule has 1 unspecified atom stereocenters. The molecule has 92 valence electrons. The van der Waals surface area contributed by atoms with E-state index in [9.17, 15) is 0 Å². The van der Waals surface area contributed by atoms with E-state index in [2.05, 4.69) is 6.07 Å². The lowest BCUT2D eigenvalue weighted by molar-refractivity contribution is -0.0160. The van der Waals surface area contributed by atoms with Gasteiger partial charge in [-0.15, -0.1) is 0 Å². The largest absolute Gasteiger partial charge is 0.497 e. The molecule has 1 aliphatic heterocycles. The Bertz CT molecular complexity index is 616. The van der Waals surface area contributed by atoms with Crippen LogP contribution < -0.4 is 9.47 Å². The highest BCUT2D eigenvalue weighted by Crippen LogP contribution is 2.36. The van der Waals surface area contributed by atoms with Gasteiger partial charge in [-0.25, -0.2) is 0 Å². The van der Waals surface area contributed by atoms with Crippen LogP contribution in [0.3, 0.4) is 0 Å². The molecule has 3 nitrogen and oxygen atoms in total. The van der Waals surface area contributed by atoms with E-state index in [4.69, 9.17) is 14.2 Å². The van der Waals surface area contributed by atoms with Crippen molar-refractivity contribution in [3.8, 4) is 11.5 Å². The number of benzene rings is 2. The summed E-state index contributed by atoms with van der Waals surface area (Å²) in [5.41, 5.74) is 1.06. The molecule has 0 N–H and O–H groups in total. The molecule has 18 heavy (non-hydrogen) atoms. The highest BCUT2D eigenvalue weighted by Gasteiger charge is 2.16. The summed E-state index contributed by atoms with van der Waals surface area (Å²) < 4.78 is 16.3. The lowest BCUT2D eigenvalue weighted by atomic mass is 10.0. The van der Waals surface area contributed by atoms with Crippen LogP contribution in [0.25, 0.3) is 16.8 Å². The Morgan fingerprint density at radius 1 is 1.11 bits per heavy atom. The van der Waals surface area contributed by atoms with Gasteiger partial charge in [-0.2, -0.15) is 0 Å². The van der Waals surface area contributed by atoms with E-state index in [-0.39, 0.29) is 6.29 Å². The topological polar surface area (TPSA) is 27.7 Å². The van der Waals surface area contributed by atoms with Crippen molar-refractivity contribution in [3.63, 3.8) is 0 Å². The zero-order valence-corrected chi connectivity index (χ0v) is 10.3. The number of hydrogen-bond donors (Lipinski definition) is 0. The van der Waals surface area contributed by atoms with Crippen molar-refractivity contribution in [1.29, 1.82) is 0 Å². The maximum absolute atomic E-state index is 5.83. The summed E-state index contributed by atoms with van der Waals surface area (Å²) in [6.45, 7) is 0. The first-order valence-corrected chi connectivity index (χ1v) is 5.80. The molecule has 2 aromatic rings. The molecule has 0 fully saturated rings. The number of hydrogen-bond acceptors (Lipinski definition) is 3. The van der Waals surface area contributed by atoms with Crippen molar-refractivity contribution in [3.05, 3.63) is 42.0 Å². The summed E-state index contributed by atoms with van der Waals surface area (Å²) in [6.07, 6.45) is 3.59. The summed E-state index contributed by atoms with van der Waals surface area (Å²) in [4.78, 5) is 0. The monoisotopic (exact) mass is 242 g/mol. The van der Waals surface area contributed by atoms with Gasteiger partial charge >= 0.3 is 0 Å². The second-order valence-corrected chi connectivity index (χ2v) is 4.15. The third kappa shape index (κ3) is 1.73. The van der Waals surface area contributed by atoms with Crippen molar-refractivity contribution in [1.82, 2.24) is 0 Å². The average Bonchev–Trinajstić information content (AvgIpc) is 2.45. The van der Waals surface area contributed by atoms with Crippen LogP contribution in [0.2, 0.25) is 0 Å². The fourth-order valence-electron chi connectivity index (χ4n) is 2.14. The van der Waals surface area contributed by atoms with Gasteiger partial charge in [-0.3, -0.25) is 0 Å². The summed E-state index contributed by atoms with van der Waals surface area (Å²) in [6, 6.07) is 10.1. The molecule has 1 aliphatic rings. The first kappa shape index (κ1) is 11.1. The molecule has 0 spiro atoms. The van der Waals surface area contributed by atoms with E-state index in [0.717, 1.165) is 27.8 Å². The van der Waals surface area contributed by atoms with Crippen LogP contribution in [0.4, 0.5) is 0 Å². The summed E-state index contributed by atoms with van der Waals surface area (Å²) in [7, 11) is 3.29. The molecule has 0 bridgehead atoms. The average molecular weight is 242 g/mol. The van der Waals surface area contributed by atoms with Crippen molar-refractivity contribution in [2.75, 3.05) is 14.2 Å². The minimum atomic E-state index is -0.325. The zero-order valence-electron chi connectivity index (χ0n) is 10.3. The highest BCUT2D eigenvalue weighted by atomic mass is 16.7. The second-order valence-electron chi connectivity index (χ2n) is 4.15. The standard InChI is InChI=1S/C15H14O3/c1-16-12-7-5-10-3-4-11-6-8-14(17-2)18-15(11)13(10)9-12/h3-9,14H,1-2H3. The van der Waals surface area contributed by atoms with Gasteiger partial charge in [-0.1, -0.05) is 18.2 Å². The molecule has 2 aromatic carbocycles. The van der Waals surface area contributed by atoms with Crippen molar-refractivity contribution in [2.24, 2.45) is 0 Å². The van der Waals surface area contributed by atoms with Gasteiger partial charge in [0.1, 0.15) is 11.5 Å². The quantitative estimate of drug-likeness (QED) is 0.809. The summed E-state index contributed by atoms with van der Waals surface area (Å²) >= 11 is 0. The Hall–Kier alpha value is -2.00. The van der Waals surface area contributed by atoms with Gasteiger partial charge in [0.2, 0.25) is 6.29 Å². The van der Waals surface area contributed by atoms with Crippen LogP contribution in [0.1, 0.15) is 5.56 Å². The number of methoxy groups -OCH3 is 2. The smallest absolute Gasteiger partial charge is 0.219 e. The molecular formula is C15H14O3. The van der Waals surface area contributed by atoms with Gasteiger partial charge in [0.05, 0.1) is 7.11 Å². The molecular weight excluding hydrogens is 228 g/mol. The first-order valence-electron chi connectivity index (χ1n) is 5.80. The SMILES string of the molecule is COc1ccc2ccc3c(c2c1)OC(OC)C=C3. The Labute approximate surface area is 106 Å². The molecule has 0 aliphatic carbocycles. The Kier molecular flexibility index (Phi) is 2.68. The molecule has 0 radical (unpaired) electrons. The van der Waals surface area contributed by atoms with Crippen LogP contribution in [-0.2, 0) is 4.74 Å². The van der Waals surface area contributed by atoms with Crippen LogP contribution in [0, 0.1) is 0 Å². The maximum atomic E-state index is 5.83. The maximum Gasteiger partial charge on any atom is 0.219 e. The van der Waals surface area contributed by atoms with Crippen LogP contribution in [0.5, 0.6) is 11.5 Å². The van der Waals surface area contributed by atoms with Crippen molar-refractivity contribution < 1.29 is 14.2 Å². The molecule has 3 rings (SSSR count). The zero-order chi connectivity index (χ0) is 12.5. The number of rotatable bonds is 2. The number of fused-ring (bicyclic) bond motifs is 3. The van der Waals surface area contributed by atoms with Gasteiger partial charge < -0.3 is 14.2 Å². The third-order valence-electron chi connectivity index (χ3n) is 3.11. The highest BCUT2D eigenvalue weighted by molar-refractivity contribution is 5.93. The Morgan fingerprint density at radius 2 is 1.94 bits per heavy atom. The lowest BCUT2D eigenvalue weighted by Gasteiger charge is -2.21. The molecule has 3 heteroatoms. The molecule has 0 amide bonds. The van der Waals surface area contributed by atoms with Crippen molar-refractivity contribution >= 4 is 16.8 Å². The van der Waals surface area contributed by atoms with E-state index >= 15 is 0 Å². The number of ether oxygens (including phenoxy) is 3. The Balaban J connectivity index is 2.21. The fraction of sp³-hybridized carbons (Fsp3) is 0.200. The first-order chi connectivity index (χ1) is 8.81. The van der Waals surface area contributed by atoms with Crippen LogP contribution in [-0.4, -0.2) is 20.5 Å². The third-order valence-corrected chi connectivity index (χ3v) is 3.11. The van der Waals surface area contributed by atoms with Gasteiger partial charge in [0.25, 0.3) is 0 Å². The summed E-state index contributed by atoms with van der Waals surface area (Å²) in [5, 5.41) is 2.16. The minimum Gasteiger partial charge on any atom is -0.497 e. The van der Waals surface area contributed by atoms with Gasteiger partial charge in [-0.05, 0) is 29.7 Å². The molecule has 0 aromatic heterocycles. The van der Waals surface area contributed by atoms with E-state index in [1.807, 2.05) is 36.4 Å². The molecule has 1 heterocycles. The Morgan fingerprint density at radius 3 is 2.72 bits per heavy atom. The van der Waals surface area contributed by atoms with Gasteiger partial charge in [0.15, 0.2) is 0 Å².